The highest BCUT2D eigenvalue weighted by molar-refractivity contribution is 5.97. The third-order valence-corrected chi connectivity index (χ3v) is 13.9. The normalized spacial score (nSPS) is 26.0. The van der Waals surface area contributed by atoms with Crippen molar-refractivity contribution in [1.82, 2.24) is 15.0 Å². The molecule has 0 spiro atoms. The average molecular weight is 711 g/mol. The second-order valence-corrected chi connectivity index (χ2v) is 17.1. The molecule has 1 fully saturated rings. The van der Waals surface area contributed by atoms with Crippen LogP contribution >= 0.6 is 0 Å². The molecule has 1 aromatic heterocycles. The van der Waals surface area contributed by atoms with Crippen LogP contribution in [0.15, 0.2) is 121 Å². The summed E-state index contributed by atoms with van der Waals surface area (Å²) >= 11 is 0. The summed E-state index contributed by atoms with van der Waals surface area (Å²) in [5.74, 6) is 4.90. The van der Waals surface area contributed by atoms with Gasteiger partial charge in [0.05, 0.1) is 6.04 Å². The Morgan fingerprint density at radius 1 is 0.648 bits per heavy atom. The molecule has 54 heavy (non-hydrogen) atoms. The maximum absolute atomic E-state index is 5.20. The van der Waals surface area contributed by atoms with Crippen molar-refractivity contribution in [2.45, 2.75) is 102 Å². The van der Waals surface area contributed by atoms with Crippen molar-refractivity contribution in [2.24, 2.45) is 17.8 Å². The standard InChI is InChI=1S/C50H54N4/c1-6-17-39-33(3)50(4,5)43-25-16-15-24-41(43)45-32(2)44(39)42-31-28-34-18-13-14-23-40(34)46(42)54(45)38-29-26-37(27-30-38)49-52-47(35-19-9-7-10-20-35)51-48(53-49)36-21-11-8-12-22-36/h7-16,18-25,28,31-33,37-39,44-45H,6,17,26-27,29-30H2,1-5H3. The molecule has 5 atom stereocenters. The second-order valence-electron chi connectivity index (χ2n) is 17.1. The number of benzene rings is 5. The Bertz CT molecular complexity index is 2200. The van der Waals surface area contributed by atoms with Gasteiger partial charge in [-0.3, -0.25) is 0 Å². The number of anilines is 1. The van der Waals surface area contributed by atoms with Gasteiger partial charge < -0.3 is 4.90 Å². The molecular formula is C50H54N4. The minimum absolute atomic E-state index is 0.0658. The van der Waals surface area contributed by atoms with Gasteiger partial charge in [0.25, 0.3) is 0 Å². The van der Waals surface area contributed by atoms with Crippen molar-refractivity contribution in [3.8, 4) is 22.8 Å². The fourth-order valence-electron chi connectivity index (χ4n) is 11.0. The van der Waals surface area contributed by atoms with E-state index in [0.717, 1.165) is 54.3 Å². The third-order valence-electron chi connectivity index (χ3n) is 13.9. The first-order valence-corrected chi connectivity index (χ1v) is 20.6. The van der Waals surface area contributed by atoms with Gasteiger partial charge in [0.1, 0.15) is 5.82 Å². The molecule has 1 aliphatic heterocycles. The van der Waals surface area contributed by atoms with E-state index in [0.29, 0.717) is 35.8 Å². The van der Waals surface area contributed by atoms with Crippen LogP contribution in [0.25, 0.3) is 33.5 Å². The van der Waals surface area contributed by atoms with Crippen LogP contribution in [0.3, 0.4) is 0 Å². The Morgan fingerprint density at radius 3 is 1.93 bits per heavy atom. The smallest absolute Gasteiger partial charge is 0.163 e. The molecule has 5 unspecified atom stereocenters. The molecule has 2 bridgehead atoms. The lowest BCUT2D eigenvalue weighted by Crippen LogP contribution is -2.52. The van der Waals surface area contributed by atoms with Crippen LogP contribution in [0.5, 0.6) is 0 Å². The lowest BCUT2D eigenvalue weighted by Gasteiger charge is -2.57. The Hall–Kier alpha value is -4.83. The number of rotatable bonds is 6. The van der Waals surface area contributed by atoms with Gasteiger partial charge in [-0.25, -0.2) is 15.0 Å². The summed E-state index contributed by atoms with van der Waals surface area (Å²) in [7, 11) is 0. The van der Waals surface area contributed by atoms with E-state index >= 15 is 0 Å². The SMILES string of the molecule is CCCC1C2c3ccc4ccccc4c3N(C3CCC(c4nc(-c5ccccc5)nc(-c5ccccc5)n4)CC3)C(c3ccccc3C(C)(C)C1C)C2C. The van der Waals surface area contributed by atoms with Gasteiger partial charge in [0.2, 0.25) is 0 Å². The molecule has 9 rings (SSSR count). The zero-order valence-electron chi connectivity index (χ0n) is 32.6. The van der Waals surface area contributed by atoms with Crippen LogP contribution < -0.4 is 4.90 Å². The van der Waals surface area contributed by atoms with Gasteiger partial charge >= 0.3 is 0 Å². The molecular weight excluding hydrogens is 657 g/mol. The third kappa shape index (κ3) is 5.84. The molecule has 4 nitrogen and oxygen atoms in total. The summed E-state index contributed by atoms with van der Waals surface area (Å²) in [5.41, 5.74) is 8.31. The zero-order valence-corrected chi connectivity index (χ0v) is 32.6. The van der Waals surface area contributed by atoms with Crippen molar-refractivity contribution in [3.05, 3.63) is 144 Å². The summed E-state index contributed by atoms with van der Waals surface area (Å²) in [5, 5.41) is 2.76. The van der Waals surface area contributed by atoms with Crippen LogP contribution in [0, 0.1) is 17.8 Å². The number of nitrogens with zero attached hydrogens (tertiary/aromatic N) is 4. The monoisotopic (exact) mass is 710 g/mol. The van der Waals surface area contributed by atoms with Gasteiger partial charge in [-0.15, -0.1) is 0 Å². The summed E-state index contributed by atoms with van der Waals surface area (Å²) in [4.78, 5) is 18.3. The first-order chi connectivity index (χ1) is 26.3. The van der Waals surface area contributed by atoms with Crippen LogP contribution in [0.4, 0.5) is 5.69 Å². The Labute approximate surface area is 322 Å². The van der Waals surface area contributed by atoms with E-state index in [1.54, 1.807) is 16.7 Å². The van der Waals surface area contributed by atoms with Crippen LogP contribution in [0.1, 0.15) is 114 Å². The fourth-order valence-corrected chi connectivity index (χ4v) is 11.0. The first kappa shape index (κ1) is 34.9. The van der Waals surface area contributed by atoms with E-state index in [2.05, 4.69) is 161 Å². The zero-order chi connectivity index (χ0) is 37.0. The molecule has 0 saturated heterocycles. The van der Waals surface area contributed by atoms with E-state index < -0.39 is 0 Å². The van der Waals surface area contributed by atoms with E-state index in [9.17, 15) is 0 Å². The van der Waals surface area contributed by atoms with E-state index in [1.165, 1.54) is 29.3 Å². The lowest BCUT2D eigenvalue weighted by molar-refractivity contribution is 0.128. The minimum Gasteiger partial charge on any atom is -0.360 e. The molecule has 274 valence electrons. The molecule has 5 aromatic carbocycles. The largest absolute Gasteiger partial charge is 0.360 e. The van der Waals surface area contributed by atoms with Crippen molar-refractivity contribution in [1.29, 1.82) is 0 Å². The molecule has 2 heterocycles. The molecule has 6 aromatic rings. The highest BCUT2D eigenvalue weighted by Gasteiger charge is 2.52. The number of fused-ring (bicyclic) bond motifs is 8. The Kier molecular flexibility index (Phi) is 9.12. The quantitative estimate of drug-likeness (QED) is 0.173. The van der Waals surface area contributed by atoms with Gasteiger partial charge in [-0.2, -0.15) is 0 Å². The highest BCUT2D eigenvalue weighted by Crippen LogP contribution is 2.61. The summed E-state index contributed by atoms with van der Waals surface area (Å²) in [6.07, 6.45) is 6.80. The second kappa shape index (κ2) is 14.1. The maximum Gasteiger partial charge on any atom is 0.163 e. The Morgan fingerprint density at radius 2 is 1.26 bits per heavy atom. The summed E-state index contributed by atoms with van der Waals surface area (Å²) in [6, 6.07) is 45.2. The van der Waals surface area contributed by atoms with Crippen LogP contribution in [0.2, 0.25) is 0 Å². The molecule has 0 amide bonds. The van der Waals surface area contributed by atoms with Gasteiger partial charge in [0, 0.05) is 34.2 Å². The van der Waals surface area contributed by atoms with Crippen molar-refractivity contribution < 1.29 is 0 Å². The minimum atomic E-state index is 0.0658. The summed E-state index contributed by atoms with van der Waals surface area (Å²) in [6.45, 7) is 12.6. The van der Waals surface area contributed by atoms with Crippen molar-refractivity contribution in [3.63, 3.8) is 0 Å². The molecule has 0 N–H and O–H groups in total. The average Bonchev–Trinajstić information content (AvgIpc) is 3.22. The molecule has 0 radical (unpaired) electrons. The maximum atomic E-state index is 5.20. The van der Waals surface area contributed by atoms with Crippen molar-refractivity contribution >= 4 is 16.5 Å². The number of aromatic nitrogens is 3. The van der Waals surface area contributed by atoms with Gasteiger partial charge in [-0.05, 0) is 83.3 Å². The topological polar surface area (TPSA) is 41.9 Å². The predicted octanol–water partition coefficient (Wildman–Crippen LogP) is 12.7. The summed E-state index contributed by atoms with van der Waals surface area (Å²) < 4.78 is 0. The number of hydrogen-bond acceptors (Lipinski definition) is 4. The van der Waals surface area contributed by atoms with Crippen LogP contribution in [-0.2, 0) is 5.41 Å². The van der Waals surface area contributed by atoms with E-state index in [1.807, 2.05) is 0 Å². The van der Waals surface area contributed by atoms with Crippen LogP contribution in [-0.4, -0.2) is 21.0 Å². The first-order valence-electron chi connectivity index (χ1n) is 20.6. The Balaban J connectivity index is 1.15. The molecule has 1 saturated carbocycles. The van der Waals surface area contributed by atoms with E-state index in [4.69, 9.17) is 15.0 Å². The molecule has 3 aliphatic rings. The van der Waals surface area contributed by atoms with Gasteiger partial charge in [0.15, 0.2) is 11.6 Å². The highest BCUT2D eigenvalue weighted by atomic mass is 15.2. The molecule has 2 aliphatic carbocycles. The fraction of sp³-hybridized carbons (Fsp3) is 0.380. The lowest BCUT2D eigenvalue weighted by atomic mass is 9.55. The van der Waals surface area contributed by atoms with Gasteiger partial charge in [-0.1, -0.05) is 162 Å². The predicted molar refractivity (Wildman–Crippen MR) is 224 cm³/mol. The van der Waals surface area contributed by atoms with E-state index in [-0.39, 0.29) is 11.3 Å². The number of hydrogen-bond donors (Lipinski definition) is 0. The molecule has 4 heteroatoms. The van der Waals surface area contributed by atoms with Crippen molar-refractivity contribution in [2.75, 3.05) is 4.90 Å².